The van der Waals surface area contributed by atoms with Gasteiger partial charge in [0.15, 0.2) is 0 Å². The highest BCUT2D eigenvalue weighted by molar-refractivity contribution is 8.00. The van der Waals surface area contributed by atoms with E-state index >= 15 is 0 Å². The number of hydrogen-bond acceptors (Lipinski definition) is 4. The number of rotatable bonds is 0. The lowest BCUT2D eigenvalue weighted by molar-refractivity contribution is 0.987. The summed E-state index contributed by atoms with van der Waals surface area (Å²) < 4.78 is 0. The second-order valence-electron chi connectivity index (χ2n) is 5.97. The lowest BCUT2D eigenvalue weighted by Crippen LogP contribution is -2.25. The van der Waals surface area contributed by atoms with Crippen molar-refractivity contribution < 1.29 is 0 Å². The highest BCUT2D eigenvalue weighted by Gasteiger charge is 2.22. The third-order valence-electron chi connectivity index (χ3n) is 4.44. The van der Waals surface area contributed by atoms with Crippen LogP contribution < -0.4 is 10.7 Å². The van der Waals surface area contributed by atoms with Crippen LogP contribution in [0.4, 0.5) is 11.4 Å². The molecule has 24 heavy (non-hydrogen) atoms. The average molecular weight is 346 g/mol. The molecule has 116 valence electrons. The van der Waals surface area contributed by atoms with Crippen LogP contribution in [0.3, 0.4) is 0 Å². The van der Waals surface area contributed by atoms with Gasteiger partial charge in [-0.15, -0.1) is 0 Å². The Balaban J connectivity index is 1.87. The lowest BCUT2D eigenvalue weighted by Gasteiger charge is -2.21. The second-order valence-corrected chi connectivity index (χ2v) is 8.07. The lowest BCUT2D eigenvalue weighted by atomic mass is 10.1. The summed E-state index contributed by atoms with van der Waals surface area (Å²) in [7, 11) is 0. The molecule has 0 aromatic heterocycles. The molecule has 0 fully saturated rings. The molecule has 0 aliphatic carbocycles. The molecule has 2 nitrogen and oxygen atoms in total. The standard InChI is InChI=1S/C20H14N2S2/c1-11-17-20(24-16-10-6-3-7-13(16)21-17)12(2)18-19(11)23-15-9-5-4-8-14(15)22-18/h3-10H,1-2H3. The summed E-state index contributed by atoms with van der Waals surface area (Å²) in [4.78, 5) is 14.8. The molecule has 0 bridgehead atoms. The summed E-state index contributed by atoms with van der Waals surface area (Å²) in [5.74, 6) is 0. The summed E-state index contributed by atoms with van der Waals surface area (Å²) >= 11 is 3.63. The average Bonchev–Trinajstić information content (AvgIpc) is 2.64. The van der Waals surface area contributed by atoms with Crippen LogP contribution >= 0.6 is 23.5 Å². The Morgan fingerprint density at radius 2 is 1.04 bits per heavy atom. The van der Waals surface area contributed by atoms with Crippen molar-refractivity contribution in [3.05, 3.63) is 70.4 Å². The minimum absolute atomic E-state index is 1.07. The van der Waals surface area contributed by atoms with Gasteiger partial charge in [0.05, 0.1) is 22.1 Å². The quantitative estimate of drug-likeness (QED) is 0.388. The first-order valence-electron chi connectivity index (χ1n) is 7.87. The van der Waals surface area contributed by atoms with E-state index in [1.165, 1.54) is 30.7 Å². The minimum Gasteiger partial charge on any atom is -0.246 e. The molecule has 0 saturated heterocycles. The molecule has 0 spiro atoms. The Bertz CT molecular complexity index is 1040. The van der Waals surface area contributed by atoms with Crippen molar-refractivity contribution in [2.24, 2.45) is 9.98 Å². The number of nitrogens with zero attached hydrogens (tertiary/aromatic N) is 2. The van der Waals surface area contributed by atoms with E-state index in [9.17, 15) is 0 Å². The van der Waals surface area contributed by atoms with Gasteiger partial charge in [-0.3, -0.25) is 0 Å². The van der Waals surface area contributed by atoms with Gasteiger partial charge in [-0.2, -0.15) is 0 Å². The van der Waals surface area contributed by atoms with Crippen LogP contribution in [0.15, 0.2) is 78.1 Å². The first kappa shape index (κ1) is 14.3. The van der Waals surface area contributed by atoms with Crippen LogP contribution in [-0.2, 0) is 0 Å². The van der Waals surface area contributed by atoms with E-state index in [1.807, 2.05) is 23.5 Å². The third-order valence-corrected chi connectivity index (χ3v) is 6.98. The fraction of sp³-hybridized carbons (Fsp3) is 0.100. The molecule has 3 aromatic rings. The Labute approximate surface area is 148 Å². The zero-order valence-corrected chi connectivity index (χ0v) is 15.0. The zero-order valence-electron chi connectivity index (χ0n) is 13.3. The van der Waals surface area contributed by atoms with E-state index < -0.39 is 0 Å². The Morgan fingerprint density at radius 3 is 1.50 bits per heavy atom. The second kappa shape index (κ2) is 5.23. The molecule has 0 N–H and O–H groups in total. The third kappa shape index (κ3) is 2.00. The minimum atomic E-state index is 1.07. The van der Waals surface area contributed by atoms with E-state index in [0.29, 0.717) is 0 Å². The topological polar surface area (TPSA) is 24.7 Å². The summed E-state index contributed by atoms with van der Waals surface area (Å²) in [5.41, 5.74) is 4.60. The highest BCUT2D eigenvalue weighted by Crippen LogP contribution is 2.41. The van der Waals surface area contributed by atoms with Crippen LogP contribution in [0.5, 0.6) is 0 Å². The smallest absolute Gasteiger partial charge is 0.0821 e. The maximum absolute atomic E-state index is 4.96. The van der Waals surface area contributed by atoms with E-state index in [1.54, 1.807) is 0 Å². The summed E-state index contributed by atoms with van der Waals surface area (Å²) in [6.45, 7) is 4.34. The first-order chi connectivity index (χ1) is 11.7. The Morgan fingerprint density at radius 1 is 0.625 bits per heavy atom. The van der Waals surface area contributed by atoms with Crippen LogP contribution in [0.1, 0.15) is 11.1 Å². The molecule has 3 aromatic carbocycles. The Hall–Kier alpha value is -2.04. The van der Waals surface area contributed by atoms with Gasteiger partial charge in [0, 0.05) is 19.6 Å². The summed E-state index contributed by atoms with van der Waals surface area (Å²) in [6.07, 6.45) is 0. The van der Waals surface area contributed by atoms with Crippen LogP contribution in [0, 0.1) is 13.8 Å². The van der Waals surface area contributed by atoms with Crippen molar-refractivity contribution >= 4 is 34.9 Å². The van der Waals surface area contributed by atoms with Gasteiger partial charge in [-0.25, -0.2) is 9.98 Å². The molecule has 5 rings (SSSR count). The summed E-state index contributed by atoms with van der Waals surface area (Å²) in [6, 6.07) is 16.7. The normalized spacial score (nSPS) is 13.8. The van der Waals surface area contributed by atoms with Gasteiger partial charge in [0.1, 0.15) is 0 Å². The van der Waals surface area contributed by atoms with Crippen LogP contribution in [0.2, 0.25) is 0 Å². The van der Waals surface area contributed by atoms with Crippen molar-refractivity contribution in [3.63, 3.8) is 0 Å². The van der Waals surface area contributed by atoms with Crippen molar-refractivity contribution in [1.29, 1.82) is 0 Å². The summed E-state index contributed by atoms with van der Waals surface area (Å²) in [5, 5.41) is 2.22. The van der Waals surface area contributed by atoms with E-state index in [-0.39, 0.29) is 0 Å². The highest BCUT2D eigenvalue weighted by atomic mass is 32.2. The molecule has 0 atom stereocenters. The predicted octanol–water partition coefficient (Wildman–Crippen LogP) is 5.14. The molecule has 0 amide bonds. The predicted molar refractivity (Wildman–Crippen MR) is 98.7 cm³/mol. The van der Waals surface area contributed by atoms with Gasteiger partial charge in [0.2, 0.25) is 0 Å². The van der Waals surface area contributed by atoms with E-state index in [0.717, 1.165) is 22.1 Å². The molecule has 4 heteroatoms. The zero-order chi connectivity index (χ0) is 16.3. The molecule has 0 saturated carbocycles. The molecular weight excluding hydrogens is 332 g/mol. The van der Waals surface area contributed by atoms with Crippen molar-refractivity contribution in [2.75, 3.05) is 0 Å². The monoisotopic (exact) mass is 346 g/mol. The van der Waals surface area contributed by atoms with Gasteiger partial charge in [-0.1, -0.05) is 47.8 Å². The maximum atomic E-state index is 4.96. The molecule has 0 unspecified atom stereocenters. The number of para-hydroxylation sites is 2. The fourth-order valence-electron chi connectivity index (χ4n) is 3.16. The largest absolute Gasteiger partial charge is 0.246 e. The maximum Gasteiger partial charge on any atom is 0.0821 e. The number of benzene rings is 3. The number of fused-ring (bicyclic) bond motifs is 4. The molecule has 2 aliphatic rings. The van der Waals surface area contributed by atoms with Crippen molar-refractivity contribution in [3.8, 4) is 0 Å². The van der Waals surface area contributed by atoms with Crippen molar-refractivity contribution in [2.45, 2.75) is 33.4 Å². The molecule has 2 heterocycles. The molecule has 2 aliphatic heterocycles. The fourth-order valence-corrected chi connectivity index (χ4v) is 5.42. The van der Waals surface area contributed by atoms with Crippen LogP contribution in [-0.4, -0.2) is 0 Å². The SMILES string of the molecule is Cc1c2c(c(C)c3c1=Nc1ccccc1S3)=Nc1ccccc1S2. The van der Waals surface area contributed by atoms with E-state index in [2.05, 4.69) is 62.4 Å². The Kier molecular flexibility index (Phi) is 3.12. The van der Waals surface area contributed by atoms with Crippen LogP contribution in [0.25, 0.3) is 0 Å². The van der Waals surface area contributed by atoms with Gasteiger partial charge >= 0.3 is 0 Å². The molecule has 0 radical (unpaired) electrons. The van der Waals surface area contributed by atoms with Gasteiger partial charge < -0.3 is 0 Å². The van der Waals surface area contributed by atoms with Crippen molar-refractivity contribution in [1.82, 2.24) is 0 Å². The van der Waals surface area contributed by atoms with Gasteiger partial charge in [0.25, 0.3) is 0 Å². The van der Waals surface area contributed by atoms with Gasteiger partial charge in [-0.05, 0) is 49.2 Å². The number of hydrogen-bond donors (Lipinski definition) is 0. The molecular formula is C20H14N2S2. The van der Waals surface area contributed by atoms with E-state index in [4.69, 9.17) is 9.98 Å². The first-order valence-corrected chi connectivity index (χ1v) is 9.50.